The minimum Gasteiger partial charge on any atom is -0.399 e. The van der Waals surface area contributed by atoms with E-state index in [0.29, 0.717) is 29.4 Å². The van der Waals surface area contributed by atoms with Gasteiger partial charge in [-0.25, -0.2) is 9.18 Å². The number of hydrogen-bond acceptors (Lipinski definition) is 2. The van der Waals surface area contributed by atoms with Crippen molar-refractivity contribution in [3.8, 4) is 0 Å². The van der Waals surface area contributed by atoms with Crippen molar-refractivity contribution in [3.05, 3.63) is 58.9 Å². The third-order valence-electron chi connectivity index (χ3n) is 2.83. The molecular weight excluding hydrogens is 293 g/mol. The number of carbonyl (C=O) groups is 1. The molecule has 2 aromatic carbocycles. The van der Waals surface area contributed by atoms with Gasteiger partial charge in [0, 0.05) is 12.2 Å². The van der Waals surface area contributed by atoms with E-state index in [2.05, 4.69) is 10.6 Å². The Bertz CT molecular complexity index is 649. The van der Waals surface area contributed by atoms with Crippen LogP contribution in [0.1, 0.15) is 5.56 Å². The van der Waals surface area contributed by atoms with Crippen LogP contribution in [-0.2, 0) is 6.42 Å². The topological polar surface area (TPSA) is 67.1 Å². The summed E-state index contributed by atoms with van der Waals surface area (Å²) in [4.78, 5) is 11.7. The van der Waals surface area contributed by atoms with Crippen LogP contribution in [0.3, 0.4) is 0 Å². The van der Waals surface area contributed by atoms with Gasteiger partial charge >= 0.3 is 6.03 Å². The molecule has 0 saturated carbocycles. The Kier molecular flexibility index (Phi) is 5.00. The van der Waals surface area contributed by atoms with E-state index in [0.717, 1.165) is 5.56 Å². The van der Waals surface area contributed by atoms with Crippen molar-refractivity contribution in [1.29, 1.82) is 0 Å². The molecule has 0 heterocycles. The maximum atomic E-state index is 13.0. The molecule has 0 aliphatic heterocycles. The number of carbonyl (C=O) groups excluding carboxylic acids is 1. The predicted octanol–water partition coefficient (Wildman–Crippen LogP) is 3.43. The van der Waals surface area contributed by atoms with E-state index < -0.39 is 0 Å². The van der Waals surface area contributed by atoms with E-state index in [1.54, 1.807) is 30.3 Å². The van der Waals surface area contributed by atoms with Crippen molar-refractivity contribution < 1.29 is 9.18 Å². The lowest BCUT2D eigenvalue weighted by Crippen LogP contribution is -2.30. The van der Waals surface area contributed by atoms with Crippen molar-refractivity contribution in [2.75, 3.05) is 17.6 Å². The fourth-order valence-corrected chi connectivity index (χ4v) is 2.05. The van der Waals surface area contributed by atoms with Crippen molar-refractivity contribution >= 4 is 29.0 Å². The largest absolute Gasteiger partial charge is 0.399 e. The Morgan fingerprint density at radius 1 is 1.24 bits per heavy atom. The summed E-state index contributed by atoms with van der Waals surface area (Å²) in [6.45, 7) is 0.391. The summed E-state index contributed by atoms with van der Waals surface area (Å²) in [7, 11) is 0. The van der Waals surface area contributed by atoms with Crippen LogP contribution >= 0.6 is 11.6 Å². The van der Waals surface area contributed by atoms with Gasteiger partial charge in [-0.15, -0.1) is 0 Å². The second-order valence-electron chi connectivity index (χ2n) is 4.50. The van der Waals surface area contributed by atoms with Gasteiger partial charge in [0.2, 0.25) is 0 Å². The zero-order valence-corrected chi connectivity index (χ0v) is 12.0. The molecule has 110 valence electrons. The number of rotatable bonds is 4. The first kappa shape index (κ1) is 15.1. The third kappa shape index (κ3) is 4.65. The zero-order chi connectivity index (χ0) is 15.2. The van der Waals surface area contributed by atoms with E-state index in [1.165, 1.54) is 12.1 Å². The predicted molar refractivity (Wildman–Crippen MR) is 83.0 cm³/mol. The SMILES string of the molecule is Nc1ccc(NC(=O)NCCc2cccc(F)c2)c(Cl)c1. The highest BCUT2D eigenvalue weighted by Gasteiger charge is 2.05. The number of hydrogen-bond donors (Lipinski definition) is 3. The van der Waals surface area contributed by atoms with Crippen LogP contribution < -0.4 is 16.4 Å². The first-order chi connectivity index (χ1) is 10.0. The Morgan fingerprint density at radius 2 is 2.05 bits per heavy atom. The van der Waals surface area contributed by atoms with Gasteiger partial charge in [-0.05, 0) is 42.3 Å². The summed E-state index contributed by atoms with van der Waals surface area (Å²) < 4.78 is 13.0. The molecule has 0 unspecified atom stereocenters. The van der Waals surface area contributed by atoms with Gasteiger partial charge in [0.1, 0.15) is 5.82 Å². The highest BCUT2D eigenvalue weighted by Crippen LogP contribution is 2.23. The number of nitrogens with two attached hydrogens (primary N) is 1. The number of urea groups is 1. The first-order valence-corrected chi connectivity index (χ1v) is 6.77. The number of halogens is 2. The van der Waals surface area contributed by atoms with E-state index in [4.69, 9.17) is 17.3 Å². The molecule has 21 heavy (non-hydrogen) atoms. The molecule has 2 rings (SSSR count). The summed E-state index contributed by atoms with van der Waals surface area (Å²) in [5.41, 5.74) is 7.40. The molecule has 0 fully saturated rings. The second-order valence-corrected chi connectivity index (χ2v) is 4.91. The minimum atomic E-state index is -0.377. The first-order valence-electron chi connectivity index (χ1n) is 6.39. The van der Waals surface area contributed by atoms with Crippen LogP contribution in [0.15, 0.2) is 42.5 Å². The molecule has 0 aliphatic rings. The molecule has 0 bridgehead atoms. The molecule has 0 saturated heterocycles. The Hall–Kier alpha value is -2.27. The van der Waals surface area contributed by atoms with Crippen molar-refractivity contribution in [1.82, 2.24) is 5.32 Å². The van der Waals surface area contributed by atoms with Crippen LogP contribution in [0, 0.1) is 5.82 Å². The van der Waals surface area contributed by atoms with Crippen LogP contribution in [-0.4, -0.2) is 12.6 Å². The average Bonchev–Trinajstić information content (AvgIpc) is 2.42. The van der Waals surface area contributed by atoms with E-state index in [1.807, 2.05) is 0 Å². The molecule has 2 aromatic rings. The summed E-state index contributed by atoms with van der Waals surface area (Å²) in [5, 5.41) is 5.67. The maximum absolute atomic E-state index is 13.0. The summed E-state index contributed by atoms with van der Waals surface area (Å²) in [5.74, 6) is -0.286. The summed E-state index contributed by atoms with van der Waals surface area (Å²) in [6.07, 6.45) is 0.542. The molecule has 0 spiro atoms. The number of nitrogen functional groups attached to an aromatic ring is 1. The fourth-order valence-electron chi connectivity index (χ4n) is 1.81. The highest BCUT2D eigenvalue weighted by atomic mass is 35.5. The van der Waals surface area contributed by atoms with Crippen molar-refractivity contribution in [2.45, 2.75) is 6.42 Å². The zero-order valence-electron chi connectivity index (χ0n) is 11.2. The Morgan fingerprint density at radius 3 is 2.76 bits per heavy atom. The molecule has 0 aliphatic carbocycles. The van der Waals surface area contributed by atoms with Crippen LogP contribution in [0.25, 0.3) is 0 Å². The fraction of sp³-hybridized carbons (Fsp3) is 0.133. The quantitative estimate of drug-likeness (QED) is 0.758. The molecule has 4 nitrogen and oxygen atoms in total. The lowest BCUT2D eigenvalue weighted by molar-refractivity contribution is 0.252. The average molecular weight is 308 g/mol. The number of benzene rings is 2. The van der Waals surface area contributed by atoms with E-state index >= 15 is 0 Å². The van der Waals surface area contributed by atoms with Gasteiger partial charge in [0.15, 0.2) is 0 Å². The van der Waals surface area contributed by atoms with Gasteiger partial charge in [0.25, 0.3) is 0 Å². The molecular formula is C15H15ClFN3O. The molecule has 2 amide bonds. The standard InChI is InChI=1S/C15H15ClFN3O/c16-13-9-12(18)4-5-14(13)20-15(21)19-7-6-10-2-1-3-11(17)8-10/h1-5,8-9H,6-7,18H2,(H2,19,20,21). The van der Waals surface area contributed by atoms with Crippen LogP contribution in [0.2, 0.25) is 5.02 Å². The molecule has 0 atom stereocenters. The Labute approximate surface area is 127 Å². The summed E-state index contributed by atoms with van der Waals surface area (Å²) in [6, 6.07) is 10.7. The van der Waals surface area contributed by atoms with E-state index in [-0.39, 0.29) is 11.8 Å². The van der Waals surface area contributed by atoms with Gasteiger partial charge in [-0.1, -0.05) is 23.7 Å². The van der Waals surface area contributed by atoms with Crippen molar-refractivity contribution in [3.63, 3.8) is 0 Å². The van der Waals surface area contributed by atoms with Crippen LogP contribution in [0.5, 0.6) is 0 Å². The van der Waals surface area contributed by atoms with Crippen molar-refractivity contribution in [2.24, 2.45) is 0 Å². The second kappa shape index (κ2) is 6.95. The lowest BCUT2D eigenvalue weighted by atomic mass is 10.1. The van der Waals surface area contributed by atoms with Gasteiger partial charge < -0.3 is 16.4 Å². The molecule has 4 N–H and O–H groups in total. The molecule has 6 heteroatoms. The van der Waals surface area contributed by atoms with Gasteiger partial charge in [-0.2, -0.15) is 0 Å². The normalized spacial score (nSPS) is 10.2. The Balaban J connectivity index is 1.82. The van der Waals surface area contributed by atoms with Gasteiger partial charge in [0.05, 0.1) is 10.7 Å². The number of amides is 2. The smallest absolute Gasteiger partial charge is 0.319 e. The molecule has 0 radical (unpaired) electrons. The van der Waals surface area contributed by atoms with Crippen LogP contribution in [0.4, 0.5) is 20.6 Å². The number of nitrogens with one attached hydrogen (secondary N) is 2. The van der Waals surface area contributed by atoms with E-state index in [9.17, 15) is 9.18 Å². The summed E-state index contributed by atoms with van der Waals surface area (Å²) >= 11 is 5.96. The number of anilines is 2. The third-order valence-corrected chi connectivity index (χ3v) is 3.14. The lowest BCUT2D eigenvalue weighted by Gasteiger charge is -2.09. The minimum absolute atomic E-state index is 0.286. The monoisotopic (exact) mass is 307 g/mol. The maximum Gasteiger partial charge on any atom is 0.319 e. The molecule has 0 aromatic heterocycles. The van der Waals surface area contributed by atoms with Gasteiger partial charge in [-0.3, -0.25) is 0 Å². The highest BCUT2D eigenvalue weighted by molar-refractivity contribution is 6.34.